The van der Waals surface area contributed by atoms with Crippen molar-refractivity contribution in [3.05, 3.63) is 23.7 Å². The van der Waals surface area contributed by atoms with E-state index in [4.69, 9.17) is 5.73 Å². The summed E-state index contributed by atoms with van der Waals surface area (Å²) in [5, 5.41) is 0. The van der Waals surface area contributed by atoms with Gasteiger partial charge in [-0.05, 0) is 13.8 Å². The second kappa shape index (κ2) is 3.68. The van der Waals surface area contributed by atoms with Gasteiger partial charge in [-0.3, -0.25) is 0 Å². The molecule has 0 aliphatic carbocycles. The van der Waals surface area contributed by atoms with Crippen molar-refractivity contribution in [2.75, 3.05) is 5.73 Å². The van der Waals surface area contributed by atoms with Crippen LogP contribution in [-0.2, 0) is 6.42 Å². The summed E-state index contributed by atoms with van der Waals surface area (Å²) >= 11 is 0. The lowest BCUT2D eigenvalue weighted by Gasteiger charge is -1.99. The Kier molecular flexibility index (Phi) is 2.37. The number of nitrogen functional groups attached to an aromatic ring is 1. The van der Waals surface area contributed by atoms with Gasteiger partial charge in [0.25, 0.3) is 0 Å². The van der Waals surface area contributed by atoms with Crippen molar-refractivity contribution in [1.82, 2.24) is 19.9 Å². The molecule has 0 atom stereocenters. The van der Waals surface area contributed by atoms with E-state index < -0.39 is 0 Å². The molecule has 78 valence electrons. The van der Waals surface area contributed by atoms with E-state index in [0.29, 0.717) is 5.65 Å². The topological polar surface area (TPSA) is 80.5 Å². The Morgan fingerprint density at radius 3 is 3.00 bits per heavy atom. The van der Waals surface area contributed by atoms with Crippen LogP contribution in [0.5, 0.6) is 0 Å². The van der Waals surface area contributed by atoms with Crippen LogP contribution in [0.1, 0.15) is 19.5 Å². The number of rotatable bonds is 2. The van der Waals surface area contributed by atoms with Gasteiger partial charge in [-0.1, -0.05) is 11.6 Å². The summed E-state index contributed by atoms with van der Waals surface area (Å²) in [5.74, 6) is 0.270. The van der Waals surface area contributed by atoms with Crippen molar-refractivity contribution in [3.63, 3.8) is 0 Å². The first-order valence-electron chi connectivity index (χ1n) is 4.75. The molecule has 0 unspecified atom stereocenters. The predicted molar refractivity (Wildman–Crippen MR) is 59.2 cm³/mol. The van der Waals surface area contributed by atoms with Crippen LogP contribution in [0.25, 0.3) is 11.2 Å². The predicted octanol–water partition coefficient (Wildman–Crippen LogP) is 1.44. The number of allylic oxidation sites excluding steroid dienone is 2. The van der Waals surface area contributed by atoms with Gasteiger partial charge in [0.1, 0.15) is 5.52 Å². The van der Waals surface area contributed by atoms with Crippen molar-refractivity contribution in [3.8, 4) is 0 Å². The minimum atomic E-state index is 0.270. The maximum absolute atomic E-state index is 5.59. The molecule has 2 aromatic heterocycles. The van der Waals surface area contributed by atoms with Gasteiger partial charge < -0.3 is 10.7 Å². The number of aromatic amines is 1. The monoisotopic (exact) mass is 203 g/mol. The van der Waals surface area contributed by atoms with E-state index in [2.05, 4.69) is 39.9 Å². The average molecular weight is 203 g/mol. The van der Waals surface area contributed by atoms with E-state index in [9.17, 15) is 0 Å². The van der Waals surface area contributed by atoms with Gasteiger partial charge in [-0.25, -0.2) is 9.97 Å². The second-order valence-corrected chi connectivity index (χ2v) is 3.62. The van der Waals surface area contributed by atoms with E-state index >= 15 is 0 Å². The molecule has 0 saturated heterocycles. The van der Waals surface area contributed by atoms with Gasteiger partial charge in [0.15, 0.2) is 5.65 Å². The van der Waals surface area contributed by atoms with Gasteiger partial charge >= 0.3 is 0 Å². The molecule has 2 rings (SSSR count). The Bertz CT molecular complexity index is 508. The highest BCUT2D eigenvalue weighted by Gasteiger charge is 2.06. The zero-order valence-corrected chi connectivity index (χ0v) is 8.78. The number of anilines is 1. The number of nitrogens with zero attached hydrogens (tertiary/aromatic N) is 3. The summed E-state index contributed by atoms with van der Waals surface area (Å²) < 4.78 is 0. The number of imidazole rings is 1. The highest BCUT2D eigenvalue weighted by Crippen LogP contribution is 2.13. The summed E-state index contributed by atoms with van der Waals surface area (Å²) in [6.07, 6.45) is 4.45. The molecule has 15 heavy (non-hydrogen) atoms. The Labute approximate surface area is 87.5 Å². The van der Waals surface area contributed by atoms with Gasteiger partial charge in [0.2, 0.25) is 5.95 Å². The number of fused-ring (bicyclic) bond motifs is 1. The molecule has 2 aromatic rings. The molecule has 0 amide bonds. The lowest BCUT2D eigenvalue weighted by molar-refractivity contribution is 1.08. The molecule has 0 fully saturated rings. The van der Waals surface area contributed by atoms with Crippen LogP contribution in [0.2, 0.25) is 0 Å². The van der Waals surface area contributed by atoms with E-state index in [1.54, 1.807) is 6.33 Å². The van der Waals surface area contributed by atoms with Crippen LogP contribution in [0.4, 0.5) is 5.95 Å². The molecular formula is C10H13N5. The van der Waals surface area contributed by atoms with Gasteiger partial charge in [-0.2, -0.15) is 4.98 Å². The fourth-order valence-corrected chi connectivity index (χ4v) is 1.36. The molecule has 0 aliphatic rings. The average Bonchev–Trinajstić information content (AvgIpc) is 2.61. The van der Waals surface area contributed by atoms with Crippen molar-refractivity contribution in [1.29, 1.82) is 0 Å². The summed E-state index contributed by atoms with van der Waals surface area (Å²) in [6.45, 7) is 4.10. The first-order chi connectivity index (χ1) is 7.16. The molecule has 5 heteroatoms. The third kappa shape index (κ3) is 1.96. The fourth-order valence-electron chi connectivity index (χ4n) is 1.36. The zero-order chi connectivity index (χ0) is 10.8. The van der Waals surface area contributed by atoms with E-state index in [1.807, 2.05) is 0 Å². The van der Waals surface area contributed by atoms with E-state index in [1.165, 1.54) is 5.57 Å². The first kappa shape index (κ1) is 9.64. The highest BCUT2D eigenvalue weighted by molar-refractivity contribution is 5.73. The lowest BCUT2D eigenvalue weighted by Crippen LogP contribution is -2.00. The summed E-state index contributed by atoms with van der Waals surface area (Å²) in [4.78, 5) is 15.3. The SMILES string of the molecule is CC(C)=CCc1nc(N)nc2nc[nH]c12. The smallest absolute Gasteiger partial charge is 0.222 e. The molecule has 5 nitrogen and oxygen atoms in total. The summed E-state index contributed by atoms with van der Waals surface area (Å²) in [5.41, 5.74) is 9.22. The zero-order valence-electron chi connectivity index (χ0n) is 8.78. The van der Waals surface area contributed by atoms with Crippen LogP contribution >= 0.6 is 0 Å². The number of hydrogen-bond acceptors (Lipinski definition) is 4. The molecular weight excluding hydrogens is 190 g/mol. The van der Waals surface area contributed by atoms with Crippen LogP contribution in [0.3, 0.4) is 0 Å². The molecule has 3 N–H and O–H groups in total. The summed E-state index contributed by atoms with van der Waals surface area (Å²) in [6, 6.07) is 0. The van der Waals surface area contributed by atoms with Gasteiger partial charge in [-0.15, -0.1) is 0 Å². The fraction of sp³-hybridized carbons (Fsp3) is 0.300. The minimum Gasteiger partial charge on any atom is -0.368 e. The normalized spacial score (nSPS) is 10.5. The standard InChI is InChI=1S/C10H13N5/c1-6(2)3-4-7-8-9(13-5-12-8)15-10(11)14-7/h3,5H,4H2,1-2H3,(H3,11,12,13,14,15). The third-order valence-electron chi connectivity index (χ3n) is 2.08. The van der Waals surface area contributed by atoms with Gasteiger partial charge in [0, 0.05) is 6.42 Å². The van der Waals surface area contributed by atoms with E-state index in [0.717, 1.165) is 17.6 Å². The Balaban J connectivity index is 2.48. The van der Waals surface area contributed by atoms with Gasteiger partial charge in [0.05, 0.1) is 12.0 Å². The van der Waals surface area contributed by atoms with Crippen molar-refractivity contribution in [2.24, 2.45) is 0 Å². The highest BCUT2D eigenvalue weighted by atomic mass is 15.1. The molecule has 2 heterocycles. The minimum absolute atomic E-state index is 0.270. The molecule has 0 radical (unpaired) electrons. The summed E-state index contributed by atoms with van der Waals surface area (Å²) in [7, 11) is 0. The maximum atomic E-state index is 5.59. The third-order valence-corrected chi connectivity index (χ3v) is 2.08. The second-order valence-electron chi connectivity index (χ2n) is 3.62. The van der Waals surface area contributed by atoms with Crippen LogP contribution in [0, 0.1) is 0 Å². The number of nitrogens with one attached hydrogen (secondary N) is 1. The number of H-pyrrole nitrogens is 1. The number of hydrogen-bond donors (Lipinski definition) is 2. The Hall–Kier alpha value is -1.91. The molecule has 0 spiro atoms. The quantitative estimate of drug-likeness (QED) is 0.724. The largest absolute Gasteiger partial charge is 0.368 e. The molecule has 0 saturated carbocycles. The lowest BCUT2D eigenvalue weighted by atomic mass is 10.2. The molecule has 0 aliphatic heterocycles. The van der Waals surface area contributed by atoms with E-state index in [-0.39, 0.29) is 5.95 Å². The van der Waals surface area contributed by atoms with Crippen molar-refractivity contribution < 1.29 is 0 Å². The number of nitrogens with two attached hydrogens (primary N) is 1. The molecule has 0 aromatic carbocycles. The van der Waals surface area contributed by atoms with Crippen LogP contribution in [-0.4, -0.2) is 19.9 Å². The van der Waals surface area contributed by atoms with Crippen LogP contribution < -0.4 is 5.73 Å². The molecule has 0 bridgehead atoms. The first-order valence-corrected chi connectivity index (χ1v) is 4.75. The maximum Gasteiger partial charge on any atom is 0.222 e. The van der Waals surface area contributed by atoms with Crippen LogP contribution in [0.15, 0.2) is 18.0 Å². The number of aromatic nitrogens is 4. The van der Waals surface area contributed by atoms with Crippen molar-refractivity contribution >= 4 is 17.1 Å². The Morgan fingerprint density at radius 2 is 2.27 bits per heavy atom. The van der Waals surface area contributed by atoms with Crippen molar-refractivity contribution in [2.45, 2.75) is 20.3 Å². The Morgan fingerprint density at radius 1 is 1.47 bits per heavy atom.